The third-order valence-corrected chi connectivity index (χ3v) is 6.35. The highest BCUT2D eigenvalue weighted by Gasteiger charge is 2.30. The van der Waals surface area contributed by atoms with Gasteiger partial charge in [-0.2, -0.15) is 0 Å². The highest BCUT2D eigenvalue weighted by molar-refractivity contribution is 5.95. The first-order valence-electron chi connectivity index (χ1n) is 10.6. The van der Waals surface area contributed by atoms with Crippen LogP contribution >= 0.6 is 0 Å². The predicted octanol–water partition coefficient (Wildman–Crippen LogP) is 3.72. The fourth-order valence-electron chi connectivity index (χ4n) is 4.81. The summed E-state index contributed by atoms with van der Waals surface area (Å²) in [6, 6.07) is 6.18. The molecule has 1 aromatic rings. The van der Waals surface area contributed by atoms with Crippen molar-refractivity contribution in [1.29, 1.82) is 0 Å². The van der Waals surface area contributed by atoms with Gasteiger partial charge in [0, 0.05) is 24.7 Å². The molecule has 1 saturated carbocycles. The van der Waals surface area contributed by atoms with Crippen molar-refractivity contribution in [3.05, 3.63) is 23.8 Å². The quantitative estimate of drug-likeness (QED) is 0.790. The van der Waals surface area contributed by atoms with Crippen molar-refractivity contribution in [2.45, 2.75) is 63.5 Å². The lowest BCUT2D eigenvalue weighted by molar-refractivity contribution is 0.0607. The number of amides is 1. The van der Waals surface area contributed by atoms with E-state index in [2.05, 4.69) is 4.90 Å². The van der Waals surface area contributed by atoms with E-state index in [1.807, 2.05) is 23.1 Å². The van der Waals surface area contributed by atoms with E-state index in [0.717, 1.165) is 38.1 Å². The summed E-state index contributed by atoms with van der Waals surface area (Å²) < 4.78 is 11.6. The number of hydrogen-bond acceptors (Lipinski definition) is 4. The molecule has 148 valence electrons. The van der Waals surface area contributed by atoms with Gasteiger partial charge in [-0.1, -0.05) is 0 Å². The summed E-state index contributed by atoms with van der Waals surface area (Å²) in [6.45, 7) is 4.08. The lowest BCUT2D eigenvalue weighted by Gasteiger charge is -2.37. The van der Waals surface area contributed by atoms with Gasteiger partial charge in [0.15, 0.2) is 11.5 Å². The summed E-state index contributed by atoms with van der Waals surface area (Å²) in [5.41, 5.74) is 0.702. The average molecular weight is 373 g/mol. The number of nitrogens with zero attached hydrogens (tertiary/aromatic N) is 2. The fourth-order valence-corrected chi connectivity index (χ4v) is 4.81. The van der Waals surface area contributed by atoms with Gasteiger partial charge < -0.3 is 14.4 Å². The smallest absolute Gasteiger partial charge is 0.254 e. The van der Waals surface area contributed by atoms with Gasteiger partial charge in [0.1, 0.15) is 0 Å². The van der Waals surface area contributed by atoms with Gasteiger partial charge in [-0.15, -0.1) is 0 Å². The van der Waals surface area contributed by atoms with E-state index in [4.69, 9.17) is 9.47 Å². The molecule has 2 heterocycles. The molecule has 3 aliphatic rings. The van der Waals surface area contributed by atoms with Crippen LogP contribution in [0.15, 0.2) is 18.2 Å². The van der Waals surface area contributed by atoms with E-state index >= 15 is 0 Å². The molecule has 5 nitrogen and oxygen atoms in total. The molecular formula is C22H32N2O3. The molecule has 0 radical (unpaired) electrons. The second-order valence-corrected chi connectivity index (χ2v) is 8.18. The maximum absolute atomic E-state index is 13.1. The van der Waals surface area contributed by atoms with Crippen molar-refractivity contribution in [3.63, 3.8) is 0 Å². The minimum atomic E-state index is 0.115. The molecular weight excluding hydrogens is 340 g/mol. The Morgan fingerprint density at radius 3 is 2.48 bits per heavy atom. The lowest BCUT2D eigenvalue weighted by atomic mass is 10.0. The Kier molecular flexibility index (Phi) is 5.86. The van der Waals surface area contributed by atoms with Crippen LogP contribution in [-0.2, 0) is 0 Å². The first-order valence-corrected chi connectivity index (χ1v) is 10.6. The first-order chi connectivity index (χ1) is 13.2. The number of benzene rings is 1. The van der Waals surface area contributed by atoms with Crippen molar-refractivity contribution in [2.75, 3.05) is 33.3 Å². The van der Waals surface area contributed by atoms with Crippen molar-refractivity contribution in [3.8, 4) is 11.5 Å². The Morgan fingerprint density at radius 1 is 0.963 bits per heavy atom. The van der Waals surface area contributed by atoms with Crippen LogP contribution in [-0.4, -0.2) is 61.1 Å². The average Bonchev–Trinajstić information content (AvgIpc) is 3.42. The maximum Gasteiger partial charge on any atom is 0.254 e. The molecule has 1 atom stereocenters. The second kappa shape index (κ2) is 8.51. The summed E-state index contributed by atoms with van der Waals surface area (Å²) in [6.07, 6.45) is 9.85. The monoisotopic (exact) mass is 372 g/mol. The summed E-state index contributed by atoms with van der Waals surface area (Å²) in [5, 5.41) is 0. The molecule has 1 amide bonds. The molecule has 0 aromatic heterocycles. The Hall–Kier alpha value is -1.75. The van der Waals surface area contributed by atoms with Crippen LogP contribution in [0.4, 0.5) is 0 Å². The third kappa shape index (κ3) is 4.23. The minimum Gasteiger partial charge on any atom is -0.493 e. The van der Waals surface area contributed by atoms with E-state index in [9.17, 15) is 4.79 Å². The topological polar surface area (TPSA) is 42.0 Å². The fraction of sp³-hybridized carbons (Fsp3) is 0.682. The standard InChI is InChI=1S/C22H32N2O3/c1-26-21-15-17(10-11-20(21)27-19-8-2-3-9-19)22(25)24-14-6-7-18(16-24)23-12-4-5-13-23/h10-11,15,18-19H,2-9,12-14,16H2,1H3/t18-/m0/s1. The van der Waals surface area contributed by atoms with Crippen molar-refractivity contribution >= 4 is 5.91 Å². The third-order valence-electron chi connectivity index (χ3n) is 6.35. The van der Waals surface area contributed by atoms with Gasteiger partial charge in [0.25, 0.3) is 5.91 Å². The Labute approximate surface area is 162 Å². The zero-order valence-electron chi connectivity index (χ0n) is 16.5. The zero-order chi connectivity index (χ0) is 18.6. The van der Waals surface area contributed by atoms with Gasteiger partial charge in [0.2, 0.25) is 0 Å². The van der Waals surface area contributed by atoms with Crippen LogP contribution in [0.5, 0.6) is 11.5 Å². The molecule has 1 aromatic carbocycles. The summed E-state index contributed by atoms with van der Waals surface area (Å²) >= 11 is 0. The van der Waals surface area contributed by atoms with E-state index in [-0.39, 0.29) is 12.0 Å². The Balaban J connectivity index is 1.44. The number of likely N-dealkylation sites (tertiary alicyclic amines) is 2. The normalized spacial score (nSPS) is 24.3. The minimum absolute atomic E-state index is 0.115. The number of ether oxygens (including phenoxy) is 2. The largest absolute Gasteiger partial charge is 0.493 e. The maximum atomic E-state index is 13.1. The molecule has 1 aliphatic carbocycles. The highest BCUT2D eigenvalue weighted by Crippen LogP contribution is 2.33. The molecule has 0 spiro atoms. The van der Waals surface area contributed by atoms with Crippen molar-refractivity contribution < 1.29 is 14.3 Å². The molecule has 4 rings (SSSR count). The summed E-state index contributed by atoms with van der Waals surface area (Å²) in [5.74, 6) is 1.54. The van der Waals surface area contributed by atoms with Crippen LogP contribution in [0.1, 0.15) is 61.7 Å². The SMILES string of the molecule is COc1cc(C(=O)N2CCC[C@H](N3CCCC3)C2)ccc1OC1CCCC1. The molecule has 0 unspecified atom stereocenters. The van der Waals surface area contributed by atoms with Gasteiger partial charge in [-0.05, 0) is 82.7 Å². The van der Waals surface area contributed by atoms with Gasteiger partial charge in [0.05, 0.1) is 13.2 Å². The Morgan fingerprint density at radius 2 is 1.74 bits per heavy atom. The van der Waals surface area contributed by atoms with Crippen molar-refractivity contribution in [2.24, 2.45) is 0 Å². The molecule has 27 heavy (non-hydrogen) atoms. The predicted molar refractivity (Wildman–Crippen MR) is 106 cm³/mol. The van der Waals surface area contributed by atoms with Crippen molar-refractivity contribution in [1.82, 2.24) is 9.80 Å². The van der Waals surface area contributed by atoms with Gasteiger partial charge in [-0.3, -0.25) is 9.69 Å². The van der Waals surface area contributed by atoms with Gasteiger partial charge >= 0.3 is 0 Å². The summed E-state index contributed by atoms with van der Waals surface area (Å²) in [4.78, 5) is 17.7. The van der Waals surface area contributed by atoms with E-state index in [0.29, 0.717) is 17.4 Å². The molecule has 2 saturated heterocycles. The number of carbonyl (C=O) groups excluding carboxylic acids is 1. The molecule has 5 heteroatoms. The molecule has 3 fully saturated rings. The molecule has 0 bridgehead atoms. The summed E-state index contributed by atoms with van der Waals surface area (Å²) in [7, 11) is 1.65. The number of methoxy groups -OCH3 is 1. The van der Waals surface area contributed by atoms with E-state index < -0.39 is 0 Å². The van der Waals surface area contributed by atoms with Crippen LogP contribution in [0.3, 0.4) is 0 Å². The second-order valence-electron chi connectivity index (χ2n) is 8.18. The molecule has 0 N–H and O–H groups in total. The number of rotatable bonds is 5. The highest BCUT2D eigenvalue weighted by atomic mass is 16.5. The van der Waals surface area contributed by atoms with Crippen LogP contribution in [0, 0.1) is 0 Å². The Bertz CT molecular complexity index is 651. The van der Waals surface area contributed by atoms with Crippen LogP contribution in [0.2, 0.25) is 0 Å². The van der Waals surface area contributed by atoms with Gasteiger partial charge in [-0.25, -0.2) is 0 Å². The number of hydrogen-bond donors (Lipinski definition) is 0. The lowest BCUT2D eigenvalue weighted by Crippen LogP contribution is -2.49. The number of piperidine rings is 1. The van der Waals surface area contributed by atoms with Crippen LogP contribution in [0.25, 0.3) is 0 Å². The van der Waals surface area contributed by atoms with Crippen LogP contribution < -0.4 is 9.47 Å². The molecule has 2 aliphatic heterocycles. The first kappa shape index (κ1) is 18.6. The van der Waals surface area contributed by atoms with E-state index in [1.54, 1.807) is 7.11 Å². The van der Waals surface area contributed by atoms with E-state index in [1.165, 1.54) is 45.2 Å². The zero-order valence-corrected chi connectivity index (χ0v) is 16.5. The number of carbonyl (C=O) groups is 1.